The Hall–Kier alpha value is -3.98. The number of esters is 1. The number of aryl methyl sites for hydroxylation is 1. The highest BCUT2D eigenvalue weighted by atomic mass is 16.5. The summed E-state index contributed by atoms with van der Waals surface area (Å²) in [7, 11) is 1.30. The lowest BCUT2D eigenvalue weighted by Gasteiger charge is -2.28. The number of aromatic nitrogens is 2. The minimum atomic E-state index is -0.819. The molecule has 4 rings (SSSR count). The fraction of sp³-hybridized carbons (Fsp3) is 0.333. The number of carbonyl (C=O) groups excluding carboxylic acids is 3. The number of carbonyl (C=O) groups is 3. The third-order valence-corrected chi connectivity index (χ3v) is 6.67. The van der Waals surface area contributed by atoms with Crippen LogP contribution in [0.1, 0.15) is 47.2 Å². The summed E-state index contributed by atoms with van der Waals surface area (Å²) in [5.74, 6) is -2.19. The van der Waals surface area contributed by atoms with Gasteiger partial charge in [-0.1, -0.05) is 32.0 Å². The van der Waals surface area contributed by atoms with Crippen LogP contribution in [0.25, 0.3) is 11.4 Å². The van der Waals surface area contributed by atoms with E-state index < -0.39 is 23.7 Å². The molecule has 0 unspecified atom stereocenters. The maximum atomic E-state index is 13.4. The summed E-state index contributed by atoms with van der Waals surface area (Å²) in [6.45, 7) is 8.31. The lowest BCUT2D eigenvalue weighted by Crippen LogP contribution is -2.38. The molecule has 0 saturated carbocycles. The maximum absolute atomic E-state index is 13.4. The monoisotopic (exact) mass is 490 g/mol. The van der Waals surface area contributed by atoms with Crippen LogP contribution in [0.4, 0.5) is 0 Å². The predicted octanol–water partition coefficient (Wildman–Crippen LogP) is 3.19. The van der Waals surface area contributed by atoms with Gasteiger partial charge in [0.25, 0.3) is 11.7 Å². The van der Waals surface area contributed by atoms with Crippen molar-refractivity contribution in [3.8, 4) is 0 Å². The number of likely N-dealkylation sites (tertiary alicyclic amines) is 1. The van der Waals surface area contributed by atoms with Crippen LogP contribution >= 0.6 is 0 Å². The number of ether oxygens (including phenoxy) is 1. The number of hydrogen-bond acceptors (Lipinski definition) is 7. The third kappa shape index (κ3) is 4.37. The molecule has 0 aliphatic carbocycles. The van der Waals surface area contributed by atoms with E-state index in [1.165, 1.54) is 12.0 Å². The van der Waals surface area contributed by atoms with Crippen molar-refractivity contribution in [1.29, 1.82) is 0 Å². The second-order valence-corrected chi connectivity index (χ2v) is 8.61. The Bertz CT molecular complexity index is 1340. The van der Waals surface area contributed by atoms with E-state index >= 15 is 0 Å². The molecule has 3 heterocycles. The summed E-state index contributed by atoms with van der Waals surface area (Å²) in [4.78, 5) is 46.7. The standard InChI is InChI=1S/C27H30N4O5/c1-5-29(6-2)15-16-31-23(18-10-12-19(13-11-18)27(35)36-4)21(25(33)26(31)34)24(32)22-17(3)28-20-9-7-8-14-30(20)22/h7-14,23,32H,5-6,15-16H2,1-4H3/t23-/m1/s1. The molecule has 3 aromatic rings. The SMILES string of the molecule is CCN(CC)CCN1C(=O)C(=O)C(=C(O)c2c(C)nc3ccccn23)[C@H]1c1ccc(C(=O)OC)cc1. The van der Waals surface area contributed by atoms with Gasteiger partial charge in [-0.15, -0.1) is 0 Å². The average molecular weight is 491 g/mol. The number of hydrogen-bond donors (Lipinski definition) is 1. The summed E-state index contributed by atoms with van der Waals surface area (Å²) in [6, 6.07) is 11.2. The van der Waals surface area contributed by atoms with Crippen LogP contribution in [-0.2, 0) is 14.3 Å². The number of imidazole rings is 1. The second kappa shape index (κ2) is 10.3. The number of Topliss-reactive ketones (excluding diaryl/α,β-unsaturated/α-hetero) is 1. The first kappa shape index (κ1) is 25.1. The van der Waals surface area contributed by atoms with E-state index in [2.05, 4.69) is 9.88 Å². The highest BCUT2D eigenvalue weighted by Crippen LogP contribution is 2.40. The number of likely N-dealkylation sites (N-methyl/N-ethyl adjacent to an activating group) is 1. The van der Waals surface area contributed by atoms with Gasteiger partial charge < -0.3 is 19.6 Å². The van der Waals surface area contributed by atoms with Crippen LogP contribution in [0.2, 0.25) is 0 Å². The molecule has 1 aliphatic heterocycles. The molecule has 1 N–H and O–H groups in total. The van der Waals surface area contributed by atoms with Crippen molar-refractivity contribution >= 4 is 29.1 Å². The number of nitrogens with zero attached hydrogens (tertiary/aromatic N) is 4. The van der Waals surface area contributed by atoms with Crippen LogP contribution in [0, 0.1) is 6.92 Å². The fourth-order valence-electron chi connectivity index (χ4n) is 4.69. The van der Waals surface area contributed by atoms with Crippen LogP contribution in [-0.4, -0.2) is 75.2 Å². The first-order valence-corrected chi connectivity index (χ1v) is 11.9. The van der Waals surface area contributed by atoms with Crippen molar-refractivity contribution in [2.24, 2.45) is 0 Å². The highest BCUT2D eigenvalue weighted by Gasteiger charge is 2.46. The number of rotatable bonds is 8. The summed E-state index contributed by atoms with van der Waals surface area (Å²) in [5.41, 5.74) is 2.47. The van der Waals surface area contributed by atoms with Crippen molar-refractivity contribution in [2.45, 2.75) is 26.8 Å². The molecule has 1 amide bonds. The molecule has 2 aromatic heterocycles. The fourth-order valence-corrected chi connectivity index (χ4v) is 4.69. The van der Waals surface area contributed by atoms with Crippen LogP contribution in [0.3, 0.4) is 0 Å². The van der Waals surface area contributed by atoms with Gasteiger partial charge in [0.15, 0.2) is 5.76 Å². The number of fused-ring (bicyclic) bond motifs is 1. The van der Waals surface area contributed by atoms with E-state index in [1.54, 1.807) is 53.9 Å². The van der Waals surface area contributed by atoms with Gasteiger partial charge in [0.05, 0.1) is 30.0 Å². The molecule has 36 heavy (non-hydrogen) atoms. The average Bonchev–Trinajstić information content (AvgIpc) is 3.36. The number of aliphatic hydroxyl groups excluding tert-OH is 1. The predicted molar refractivity (Wildman–Crippen MR) is 135 cm³/mol. The Labute approximate surface area is 209 Å². The molecule has 1 aliphatic rings. The topological polar surface area (TPSA) is 104 Å². The van der Waals surface area contributed by atoms with Crippen molar-refractivity contribution < 1.29 is 24.2 Å². The molecule has 0 radical (unpaired) electrons. The maximum Gasteiger partial charge on any atom is 0.337 e. The number of amides is 1. The zero-order valence-corrected chi connectivity index (χ0v) is 20.9. The van der Waals surface area contributed by atoms with Crippen molar-refractivity contribution in [3.05, 3.63) is 76.7 Å². The first-order valence-electron chi connectivity index (χ1n) is 11.9. The lowest BCUT2D eigenvalue weighted by atomic mass is 9.95. The number of benzene rings is 1. The lowest BCUT2D eigenvalue weighted by molar-refractivity contribution is -0.140. The molecule has 9 heteroatoms. The van der Waals surface area contributed by atoms with E-state index in [0.29, 0.717) is 41.3 Å². The van der Waals surface area contributed by atoms with Crippen LogP contribution < -0.4 is 0 Å². The summed E-state index contributed by atoms with van der Waals surface area (Å²) in [6.07, 6.45) is 1.75. The van der Waals surface area contributed by atoms with Gasteiger partial charge in [0.2, 0.25) is 0 Å². The largest absolute Gasteiger partial charge is 0.505 e. The van der Waals surface area contributed by atoms with E-state index in [-0.39, 0.29) is 11.3 Å². The quantitative estimate of drug-likeness (QED) is 0.224. The molecule has 0 spiro atoms. The molecule has 0 bridgehead atoms. The molecule has 1 aromatic carbocycles. The highest BCUT2D eigenvalue weighted by molar-refractivity contribution is 6.46. The number of aliphatic hydroxyl groups is 1. The van der Waals surface area contributed by atoms with Gasteiger partial charge in [0.1, 0.15) is 11.3 Å². The molecule has 9 nitrogen and oxygen atoms in total. The van der Waals surface area contributed by atoms with Gasteiger partial charge in [0, 0.05) is 19.3 Å². The van der Waals surface area contributed by atoms with Gasteiger partial charge in [-0.2, -0.15) is 0 Å². The summed E-state index contributed by atoms with van der Waals surface area (Å²) >= 11 is 0. The Morgan fingerprint density at radius 1 is 1.11 bits per heavy atom. The molecular weight excluding hydrogens is 460 g/mol. The second-order valence-electron chi connectivity index (χ2n) is 8.61. The Balaban J connectivity index is 1.86. The van der Waals surface area contributed by atoms with Crippen molar-refractivity contribution in [3.63, 3.8) is 0 Å². The smallest absolute Gasteiger partial charge is 0.337 e. The van der Waals surface area contributed by atoms with Gasteiger partial charge in [-0.25, -0.2) is 9.78 Å². The van der Waals surface area contributed by atoms with Gasteiger partial charge >= 0.3 is 5.97 Å². The van der Waals surface area contributed by atoms with E-state index in [4.69, 9.17) is 4.74 Å². The van der Waals surface area contributed by atoms with Crippen LogP contribution in [0.15, 0.2) is 54.2 Å². The summed E-state index contributed by atoms with van der Waals surface area (Å²) in [5, 5.41) is 11.5. The number of methoxy groups -OCH3 is 1. The molecule has 188 valence electrons. The Kier molecular flexibility index (Phi) is 7.21. The first-order chi connectivity index (χ1) is 17.3. The minimum Gasteiger partial charge on any atom is -0.505 e. The Morgan fingerprint density at radius 2 is 1.81 bits per heavy atom. The third-order valence-electron chi connectivity index (χ3n) is 6.67. The zero-order chi connectivity index (χ0) is 26.0. The summed E-state index contributed by atoms with van der Waals surface area (Å²) < 4.78 is 6.49. The van der Waals surface area contributed by atoms with E-state index in [9.17, 15) is 19.5 Å². The van der Waals surface area contributed by atoms with Crippen LogP contribution in [0.5, 0.6) is 0 Å². The minimum absolute atomic E-state index is 0.000817. The molecule has 1 saturated heterocycles. The van der Waals surface area contributed by atoms with E-state index in [1.807, 2.05) is 19.9 Å². The van der Waals surface area contributed by atoms with Gasteiger partial charge in [-0.05, 0) is 49.8 Å². The molecule has 1 fully saturated rings. The molecule has 1 atom stereocenters. The number of pyridine rings is 1. The number of ketones is 1. The van der Waals surface area contributed by atoms with E-state index in [0.717, 1.165) is 13.1 Å². The van der Waals surface area contributed by atoms with Crippen molar-refractivity contribution in [1.82, 2.24) is 19.2 Å². The normalized spacial score (nSPS) is 17.4. The van der Waals surface area contributed by atoms with Gasteiger partial charge in [-0.3, -0.25) is 14.0 Å². The van der Waals surface area contributed by atoms with Crippen molar-refractivity contribution in [2.75, 3.05) is 33.3 Å². The zero-order valence-electron chi connectivity index (χ0n) is 20.9. The Morgan fingerprint density at radius 3 is 2.44 bits per heavy atom. The molecular formula is C27H30N4O5.